The molecule has 1 aliphatic carbocycles. The lowest BCUT2D eigenvalue weighted by Gasteiger charge is -2.35. The molecule has 1 aromatic rings. The molecule has 4 nitrogen and oxygen atoms in total. The number of halogens is 2. The number of pyridine rings is 1. The quantitative estimate of drug-likeness (QED) is 0.810. The number of likely N-dealkylation sites (tertiary alicyclic amines) is 1. The maximum Gasteiger partial charge on any atom is 0.271 e. The van der Waals surface area contributed by atoms with Crippen molar-refractivity contribution in [2.45, 2.75) is 51.0 Å². The fraction of sp³-hybridized carbons (Fsp3) is 0.667. The van der Waals surface area contributed by atoms with Gasteiger partial charge in [-0.25, -0.2) is 4.98 Å². The summed E-state index contributed by atoms with van der Waals surface area (Å²) in [6.45, 7) is 3.33. The third kappa shape index (κ3) is 4.84. The Morgan fingerprint density at radius 2 is 1.83 bits per heavy atom. The molecule has 1 N–H and O–H groups in total. The Morgan fingerprint density at radius 3 is 2.54 bits per heavy atom. The fourth-order valence-electron chi connectivity index (χ4n) is 3.83. The molecule has 24 heavy (non-hydrogen) atoms. The molecular weight excluding hydrogens is 345 g/mol. The van der Waals surface area contributed by atoms with Crippen molar-refractivity contribution < 1.29 is 4.79 Å². The van der Waals surface area contributed by atoms with Crippen molar-refractivity contribution in [3.63, 3.8) is 0 Å². The standard InChI is InChI=1S/C18H25Cl2N3O/c19-15-6-7-16(20)22-17(15)18(24)21-14-8-10-23(11-9-14)12-13-4-2-1-3-5-13/h6-7,13-14H,1-5,8-12H2,(H,21,24). The van der Waals surface area contributed by atoms with E-state index in [0.717, 1.165) is 31.8 Å². The second kappa shape index (κ2) is 8.50. The first kappa shape index (κ1) is 18.0. The Hall–Kier alpha value is -0.840. The summed E-state index contributed by atoms with van der Waals surface area (Å²) >= 11 is 11.9. The number of hydrogen-bond donors (Lipinski definition) is 1. The molecule has 132 valence electrons. The summed E-state index contributed by atoms with van der Waals surface area (Å²) in [5.74, 6) is 0.646. The number of nitrogens with zero attached hydrogens (tertiary/aromatic N) is 2. The van der Waals surface area contributed by atoms with E-state index in [1.54, 1.807) is 12.1 Å². The van der Waals surface area contributed by atoms with Crippen LogP contribution in [0.1, 0.15) is 55.4 Å². The highest BCUT2D eigenvalue weighted by Crippen LogP contribution is 2.25. The topological polar surface area (TPSA) is 45.2 Å². The Bertz CT molecular complexity index is 567. The molecule has 3 rings (SSSR count). The van der Waals surface area contributed by atoms with E-state index in [4.69, 9.17) is 23.2 Å². The highest BCUT2D eigenvalue weighted by Gasteiger charge is 2.24. The lowest BCUT2D eigenvalue weighted by Crippen LogP contribution is -2.46. The monoisotopic (exact) mass is 369 g/mol. The van der Waals surface area contributed by atoms with Gasteiger partial charge in [0.05, 0.1) is 5.02 Å². The zero-order chi connectivity index (χ0) is 16.9. The number of amides is 1. The zero-order valence-corrected chi connectivity index (χ0v) is 15.5. The molecule has 0 spiro atoms. The molecule has 0 radical (unpaired) electrons. The van der Waals surface area contributed by atoms with Crippen LogP contribution in [0.3, 0.4) is 0 Å². The van der Waals surface area contributed by atoms with Crippen molar-refractivity contribution >= 4 is 29.1 Å². The molecule has 0 atom stereocenters. The number of hydrogen-bond acceptors (Lipinski definition) is 3. The molecule has 1 aromatic heterocycles. The van der Waals surface area contributed by atoms with Crippen LogP contribution in [0.4, 0.5) is 0 Å². The average molecular weight is 370 g/mol. The second-order valence-electron chi connectivity index (χ2n) is 7.02. The Kier molecular flexibility index (Phi) is 6.37. The lowest BCUT2D eigenvalue weighted by atomic mass is 9.88. The number of nitrogens with one attached hydrogen (secondary N) is 1. The van der Waals surface area contributed by atoms with Crippen LogP contribution in [0.25, 0.3) is 0 Å². The number of carbonyl (C=O) groups is 1. The molecular formula is C18H25Cl2N3O. The van der Waals surface area contributed by atoms with Gasteiger partial charge >= 0.3 is 0 Å². The molecule has 2 aliphatic rings. The summed E-state index contributed by atoms with van der Waals surface area (Å²) in [5.41, 5.74) is 0.216. The molecule has 1 saturated carbocycles. The third-order valence-corrected chi connectivity index (χ3v) is 5.71. The van der Waals surface area contributed by atoms with Gasteiger partial charge in [0.15, 0.2) is 0 Å². The maximum absolute atomic E-state index is 12.4. The van der Waals surface area contributed by atoms with Crippen molar-refractivity contribution in [3.8, 4) is 0 Å². The van der Waals surface area contributed by atoms with Crippen LogP contribution in [0.5, 0.6) is 0 Å². The molecule has 1 aliphatic heterocycles. The average Bonchev–Trinajstić information content (AvgIpc) is 2.59. The lowest BCUT2D eigenvalue weighted by molar-refractivity contribution is 0.0897. The number of aromatic nitrogens is 1. The molecule has 2 fully saturated rings. The highest BCUT2D eigenvalue weighted by molar-refractivity contribution is 6.34. The first-order valence-electron chi connectivity index (χ1n) is 8.97. The van der Waals surface area contributed by atoms with E-state index >= 15 is 0 Å². The fourth-order valence-corrected chi connectivity index (χ4v) is 4.16. The molecule has 0 unspecified atom stereocenters. The van der Waals surface area contributed by atoms with Crippen molar-refractivity contribution in [3.05, 3.63) is 28.0 Å². The molecule has 6 heteroatoms. The molecule has 2 heterocycles. The van der Waals surface area contributed by atoms with Crippen molar-refractivity contribution in [1.29, 1.82) is 0 Å². The smallest absolute Gasteiger partial charge is 0.271 e. The predicted octanol–water partition coefficient (Wildman–Crippen LogP) is 4.16. The van der Waals surface area contributed by atoms with E-state index in [2.05, 4.69) is 15.2 Å². The van der Waals surface area contributed by atoms with Gasteiger partial charge in [0.1, 0.15) is 10.8 Å². The van der Waals surface area contributed by atoms with Gasteiger partial charge in [0, 0.05) is 25.7 Å². The summed E-state index contributed by atoms with van der Waals surface area (Å²) in [6, 6.07) is 3.39. The predicted molar refractivity (Wildman–Crippen MR) is 97.8 cm³/mol. The molecule has 0 bridgehead atoms. The Morgan fingerprint density at radius 1 is 1.12 bits per heavy atom. The van der Waals surface area contributed by atoms with Crippen LogP contribution < -0.4 is 5.32 Å². The Balaban J connectivity index is 1.46. The minimum Gasteiger partial charge on any atom is -0.348 e. The molecule has 1 amide bonds. The van der Waals surface area contributed by atoms with E-state index in [1.807, 2.05) is 0 Å². The zero-order valence-electron chi connectivity index (χ0n) is 13.9. The van der Waals surface area contributed by atoms with E-state index in [1.165, 1.54) is 38.6 Å². The van der Waals surface area contributed by atoms with Crippen LogP contribution in [0.15, 0.2) is 12.1 Å². The summed E-state index contributed by atoms with van der Waals surface area (Å²) < 4.78 is 0. The van der Waals surface area contributed by atoms with E-state index in [0.29, 0.717) is 5.02 Å². The van der Waals surface area contributed by atoms with Gasteiger partial charge in [-0.3, -0.25) is 4.79 Å². The van der Waals surface area contributed by atoms with Gasteiger partial charge < -0.3 is 10.2 Å². The van der Waals surface area contributed by atoms with Crippen LogP contribution in [0.2, 0.25) is 10.2 Å². The second-order valence-corrected chi connectivity index (χ2v) is 7.81. The van der Waals surface area contributed by atoms with E-state index < -0.39 is 0 Å². The molecule has 1 saturated heterocycles. The van der Waals surface area contributed by atoms with Crippen molar-refractivity contribution in [2.75, 3.05) is 19.6 Å². The van der Waals surface area contributed by atoms with E-state index in [9.17, 15) is 4.79 Å². The van der Waals surface area contributed by atoms with Crippen molar-refractivity contribution in [2.24, 2.45) is 5.92 Å². The maximum atomic E-state index is 12.4. The van der Waals surface area contributed by atoms with E-state index in [-0.39, 0.29) is 22.8 Å². The van der Waals surface area contributed by atoms with Gasteiger partial charge in [-0.05, 0) is 43.7 Å². The van der Waals surface area contributed by atoms with Gasteiger partial charge in [-0.1, -0.05) is 42.5 Å². The SMILES string of the molecule is O=C(NC1CCN(CC2CCCCC2)CC1)c1nc(Cl)ccc1Cl. The molecule has 0 aromatic carbocycles. The summed E-state index contributed by atoms with van der Waals surface area (Å²) in [5, 5.41) is 3.68. The first-order chi connectivity index (χ1) is 11.6. The van der Waals surface area contributed by atoms with Gasteiger partial charge in [0.2, 0.25) is 0 Å². The minimum absolute atomic E-state index is 0.192. The number of rotatable bonds is 4. The van der Waals surface area contributed by atoms with Crippen molar-refractivity contribution in [1.82, 2.24) is 15.2 Å². The minimum atomic E-state index is -0.228. The first-order valence-corrected chi connectivity index (χ1v) is 9.72. The highest BCUT2D eigenvalue weighted by atomic mass is 35.5. The summed E-state index contributed by atoms with van der Waals surface area (Å²) in [6.07, 6.45) is 8.93. The Labute approximate surface area is 153 Å². The number of carbonyl (C=O) groups excluding carboxylic acids is 1. The van der Waals surface area contributed by atoms with Gasteiger partial charge in [-0.15, -0.1) is 0 Å². The summed E-state index contributed by atoms with van der Waals surface area (Å²) in [4.78, 5) is 19.0. The van der Waals surface area contributed by atoms with Crippen LogP contribution >= 0.6 is 23.2 Å². The summed E-state index contributed by atoms with van der Waals surface area (Å²) in [7, 11) is 0. The largest absolute Gasteiger partial charge is 0.348 e. The van der Waals surface area contributed by atoms with Gasteiger partial charge in [0.25, 0.3) is 5.91 Å². The number of piperidine rings is 1. The van der Waals surface area contributed by atoms with Crippen LogP contribution in [-0.2, 0) is 0 Å². The van der Waals surface area contributed by atoms with Crippen LogP contribution in [-0.4, -0.2) is 41.5 Å². The van der Waals surface area contributed by atoms with Gasteiger partial charge in [-0.2, -0.15) is 0 Å². The normalized spacial score (nSPS) is 20.9. The van der Waals surface area contributed by atoms with Crippen LogP contribution in [0, 0.1) is 5.92 Å². The third-order valence-electron chi connectivity index (χ3n) is 5.19.